The van der Waals surface area contributed by atoms with E-state index in [1.54, 1.807) is 10.4 Å². The number of unbranched alkanes of at least 4 members (excludes halogenated alkanes) is 1. The second kappa shape index (κ2) is 11.2. The van der Waals surface area contributed by atoms with Crippen molar-refractivity contribution in [3.05, 3.63) is 69.9 Å². The zero-order valence-corrected chi connectivity index (χ0v) is 21.3. The van der Waals surface area contributed by atoms with Crippen molar-refractivity contribution in [3.8, 4) is 0 Å². The van der Waals surface area contributed by atoms with Crippen molar-refractivity contribution in [1.82, 2.24) is 0 Å². The summed E-state index contributed by atoms with van der Waals surface area (Å²) >= 11 is 2.41. The molecule has 0 bridgehead atoms. The van der Waals surface area contributed by atoms with Crippen molar-refractivity contribution in [1.29, 1.82) is 0 Å². The predicted molar refractivity (Wildman–Crippen MR) is 104 cm³/mol. The predicted octanol–water partition coefficient (Wildman–Crippen LogP) is -3.37. The van der Waals surface area contributed by atoms with E-state index in [1.165, 1.54) is 41.1 Å². The van der Waals surface area contributed by atoms with E-state index in [4.69, 9.17) is 0 Å². The Kier molecular flexibility index (Phi) is 11.2. The molecule has 5 heteroatoms. The van der Waals surface area contributed by atoms with Crippen molar-refractivity contribution < 1.29 is 57.7 Å². The minimum absolute atomic E-state index is 0. The number of allylic oxidation sites excluding steroid dienone is 1. The molecule has 1 aliphatic rings. The first kappa shape index (κ1) is 27.0. The van der Waals surface area contributed by atoms with Crippen molar-refractivity contribution in [2.75, 3.05) is 0 Å². The van der Waals surface area contributed by atoms with E-state index < -0.39 is 8.07 Å². The molecule has 2 unspecified atom stereocenters. The van der Waals surface area contributed by atoms with Crippen molar-refractivity contribution in [3.63, 3.8) is 0 Å². The average molecular weight is 474 g/mol. The molecule has 0 radical (unpaired) electrons. The summed E-state index contributed by atoms with van der Waals surface area (Å²) < 4.78 is 0.565. The van der Waals surface area contributed by atoms with E-state index >= 15 is 0 Å². The fourth-order valence-electron chi connectivity index (χ4n) is 4.08. The standard InChI is InChI=1S/C22H27Si.3ClH.Ti/c1-5-6-11-23(4,21-13-17(2)12-18(3)14-21)22-15-19-9-7-8-10-20(19)16-22;;;;/h7-10,12-16H,5-6,11H2,1-4H3;3*1H;/q;;;;+3/p-3. The van der Waals surface area contributed by atoms with Gasteiger partial charge in [0.15, 0.2) is 0 Å². The van der Waals surface area contributed by atoms with E-state index in [1.807, 2.05) is 0 Å². The van der Waals surface area contributed by atoms with E-state index in [9.17, 15) is 0 Å². The summed E-state index contributed by atoms with van der Waals surface area (Å²) in [6, 6.07) is 17.6. The monoisotopic (exact) mass is 472 g/mol. The molecule has 0 N–H and O–H groups in total. The van der Waals surface area contributed by atoms with Crippen molar-refractivity contribution >= 4 is 19.3 Å². The third-order valence-corrected chi connectivity index (χ3v) is 11.5. The first-order valence-corrected chi connectivity index (χ1v) is 12.7. The van der Waals surface area contributed by atoms with Crippen molar-refractivity contribution in [2.24, 2.45) is 0 Å². The molecule has 0 aromatic heterocycles. The Balaban J connectivity index is 0.00000225. The van der Waals surface area contributed by atoms with Crippen LogP contribution in [0.3, 0.4) is 0 Å². The van der Waals surface area contributed by atoms with Gasteiger partial charge in [0, 0.05) is 0 Å². The summed E-state index contributed by atoms with van der Waals surface area (Å²) in [7, 11) is -1.68. The van der Waals surface area contributed by atoms with Gasteiger partial charge in [0.05, 0.1) is 0 Å². The third kappa shape index (κ3) is 5.53. The molecule has 1 aliphatic carbocycles. The quantitative estimate of drug-likeness (QED) is 0.398. The van der Waals surface area contributed by atoms with Crippen LogP contribution in [-0.4, -0.2) is 8.07 Å². The zero-order valence-electron chi connectivity index (χ0n) is 16.5. The Bertz CT molecular complexity index is 771. The first-order chi connectivity index (χ1) is 11.5. The van der Waals surface area contributed by atoms with Crippen LogP contribution in [0.2, 0.25) is 12.6 Å². The summed E-state index contributed by atoms with van der Waals surface area (Å²) in [6.07, 6.45) is 5.14. The van der Waals surface area contributed by atoms with Gasteiger partial charge in [-0.2, -0.15) is 0 Å². The summed E-state index contributed by atoms with van der Waals surface area (Å²) in [4.78, 5) is 0. The number of aryl methyl sites for hydroxylation is 2. The zero-order chi connectivity index (χ0) is 17.3. The van der Waals surface area contributed by atoms with Gasteiger partial charge in [0.1, 0.15) is 0 Å². The van der Waals surface area contributed by atoms with Crippen molar-refractivity contribution in [2.45, 2.75) is 50.4 Å². The summed E-state index contributed by atoms with van der Waals surface area (Å²) in [5, 5.41) is 3.35. The molecule has 0 fully saturated rings. The molecule has 0 aliphatic heterocycles. The van der Waals surface area contributed by atoms with Crippen LogP contribution in [-0.2, 0) is 20.4 Å². The Morgan fingerprint density at radius 2 is 1.56 bits per heavy atom. The van der Waals surface area contributed by atoms with Crippen LogP contribution in [0.1, 0.15) is 46.2 Å². The number of hydrogen-bond acceptors (Lipinski definition) is 0. The molecule has 3 rings (SSSR count). The Morgan fingerprint density at radius 3 is 2.11 bits per heavy atom. The molecule has 2 aromatic carbocycles. The first-order valence-electron chi connectivity index (χ1n) is 9.06. The fraction of sp³-hybridized carbons (Fsp3) is 0.364. The van der Waals surface area contributed by atoms with Gasteiger partial charge in [-0.05, 0) is 0 Å². The second-order valence-electron chi connectivity index (χ2n) is 7.47. The molecular weight excluding hydrogens is 447 g/mol. The van der Waals surface area contributed by atoms with Gasteiger partial charge >= 0.3 is 160 Å². The number of hydrogen-bond donors (Lipinski definition) is 0. The smallest absolute Gasteiger partial charge is 1.00 e. The number of benzene rings is 2. The molecule has 2 aromatic rings. The van der Waals surface area contributed by atoms with Gasteiger partial charge in [0.25, 0.3) is 0 Å². The molecule has 0 amide bonds. The average Bonchev–Trinajstić information content (AvgIpc) is 2.90. The van der Waals surface area contributed by atoms with Gasteiger partial charge in [0.2, 0.25) is 0 Å². The van der Waals surface area contributed by atoms with Gasteiger partial charge in [-0.3, -0.25) is 0 Å². The number of rotatable bonds is 5. The van der Waals surface area contributed by atoms with E-state index in [2.05, 4.69) is 96.3 Å². The SMILES string of the molecule is CCCC[Si](C)(C1=Cc2ccccc2[CH]1[Ti+3])c1cc(C)cc(C)c1.[Cl-].[Cl-].[Cl-]. The topological polar surface area (TPSA) is 0 Å². The van der Waals surface area contributed by atoms with Gasteiger partial charge in [-0.15, -0.1) is 0 Å². The molecule has 0 nitrogen and oxygen atoms in total. The summed E-state index contributed by atoms with van der Waals surface area (Å²) in [5.41, 5.74) is 5.78. The summed E-state index contributed by atoms with van der Waals surface area (Å²) in [5.74, 6) is 0. The summed E-state index contributed by atoms with van der Waals surface area (Å²) in [6.45, 7) is 9.40. The molecule has 2 atom stereocenters. The number of fused-ring (bicyclic) bond motifs is 1. The Morgan fingerprint density at radius 1 is 0.963 bits per heavy atom. The maximum atomic E-state index is 2.60. The van der Waals surface area contributed by atoms with Gasteiger partial charge in [-0.1, -0.05) is 0 Å². The molecule has 0 spiro atoms. The minimum atomic E-state index is -1.68. The maximum Gasteiger partial charge on any atom is -1.00 e. The molecule has 0 heterocycles. The Labute approximate surface area is 196 Å². The molecular formula is C22H27Cl3SiTi. The van der Waals surface area contributed by atoms with Crippen LogP contribution in [0.25, 0.3) is 6.08 Å². The van der Waals surface area contributed by atoms with Crippen LogP contribution in [0.4, 0.5) is 0 Å². The minimum Gasteiger partial charge on any atom is -1.00 e. The van der Waals surface area contributed by atoms with Crippen LogP contribution in [0.5, 0.6) is 0 Å². The number of halogens is 3. The van der Waals surface area contributed by atoms with Crippen LogP contribution < -0.4 is 42.4 Å². The van der Waals surface area contributed by atoms with E-state index in [0.717, 1.165) is 0 Å². The van der Waals surface area contributed by atoms with Gasteiger partial charge in [-0.25, -0.2) is 0 Å². The maximum absolute atomic E-state index is 2.60. The van der Waals surface area contributed by atoms with E-state index in [-0.39, 0.29) is 37.2 Å². The third-order valence-electron chi connectivity index (χ3n) is 5.46. The fourth-order valence-corrected chi connectivity index (χ4v) is 10.4. The van der Waals surface area contributed by atoms with Crippen LogP contribution in [0.15, 0.2) is 47.7 Å². The largest absolute Gasteiger partial charge is 1.00 e. The normalized spacial score (nSPS) is 16.8. The molecule has 0 saturated heterocycles. The van der Waals surface area contributed by atoms with Gasteiger partial charge < -0.3 is 37.2 Å². The van der Waals surface area contributed by atoms with E-state index in [0.29, 0.717) is 4.22 Å². The molecule has 0 saturated carbocycles. The second-order valence-corrected chi connectivity index (χ2v) is 12.7. The van der Waals surface area contributed by atoms with Crippen LogP contribution in [0, 0.1) is 13.8 Å². The Hall–Kier alpha value is -0.0188. The molecule has 27 heavy (non-hydrogen) atoms. The van der Waals surface area contributed by atoms with Crippen LogP contribution >= 0.6 is 0 Å². The molecule has 144 valence electrons.